The van der Waals surface area contributed by atoms with Crippen LogP contribution in [0.3, 0.4) is 0 Å². The van der Waals surface area contributed by atoms with Gasteiger partial charge in [0.25, 0.3) is 0 Å². The van der Waals surface area contributed by atoms with Gasteiger partial charge in [-0.1, -0.05) is 115 Å². The summed E-state index contributed by atoms with van der Waals surface area (Å²) in [5.74, 6) is 0. The van der Waals surface area contributed by atoms with Gasteiger partial charge in [-0.05, 0) is 63.8 Å². The van der Waals surface area contributed by atoms with Crippen LogP contribution in [0.5, 0.6) is 0 Å². The molecule has 11 aromatic rings. The molecule has 0 amide bonds. The first-order valence-electron chi connectivity index (χ1n) is 16.5. The molecule has 0 aliphatic carbocycles. The van der Waals surface area contributed by atoms with Crippen LogP contribution in [0.4, 0.5) is 0 Å². The van der Waals surface area contributed by atoms with Crippen LogP contribution in [0.25, 0.3) is 101 Å². The number of rotatable bonds is 3. The van der Waals surface area contributed by atoms with E-state index >= 15 is 0 Å². The van der Waals surface area contributed by atoms with Gasteiger partial charge < -0.3 is 4.57 Å². The van der Waals surface area contributed by atoms with Crippen molar-refractivity contribution < 1.29 is 0 Å². The van der Waals surface area contributed by atoms with E-state index in [4.69, 9.17) is 11.6 Å². The smallest absolute Gasteiger partial charge is 0.223 e. The number of hydrogen-bond donors (Lipinski definition) is 0. The Morgan fingerprint density at radius 1 is 0.460 bits per heavy atom. The lowest BCUT2D eigenvalue weighted by Crippen LogP contribution is -1.94. The molecular weight excluding hydrogens is 670 g/mol. The Balaban J connectivity index is 1.06. The molecule has 0 aliphatic heterocycles. The van der Waals surface area contributed by atoms with E-state index in [9.17, 15) is 0 Å². The number of fused-ring (bicyclic) bond motifs is 13. The van der Waals surface area contributed by atoms with Crippen molar-refractivity contribution in [3.63, 3.8) is 0 Å². The molecule has 0 saturated carbocycles. The molecule has 4 aromatic heterocycles. The summed E-state index contributed by atoms with van der Waals surface area (Å²) in [6.45, 7) is 0. The zero-order valence-corrected chi connectivity index (χ0v) is 28.8. The Morgan fingerprint density at radius 3 is 1.74 bits per heavy atom. The van der Waals surface area contributed by atoms with Crippen LogP contribution in [0.1, 0.15) is 0 Å². The van der Waals surface area contributed by atoms with Gasteiger partial charge in [0, 0.05) is 47.6 Å². The SMILES string of the molecule is Clc1nc(-c2ccc(-c3ccc(-n4c5ccccc5c5c6ccccc6c6c7ccccc7sc6c54)cc3)cc2)c2sc3ccccc3c2n1. The molecule has 0 fully saturated rings. The van der Waals surface area contributed by atoms with Crippen LogP contribution in [0.15, 0.2) is 146 Å². The Hall–Kier alpha value is -5.59. The third-order valence-corrected chi connectivity index (χ3v) is 12.5. The van der Waals surface area contributed by atoms with E-state index in [1.807, 2.05) is 17.4 Å². The maximum atomic E-state index is 6.45. The van der Waals surface area contributed by atoms with Gasteiger partial charge in [-0.25, -0.2) is 9.97 Å². The fraction of sp³-hybridized carbons (Fsp3) is 0. The zero-order valence-electron chi connectivity index (χ0n) is 26.4. The van der Waals surface area contributed by atoms with Crippen molar-refractivity contribution in [1.82, 2.24) is 14.5 Å². The van der Waals surface area contributed by atoms with Crippen molar-refractivity contribution in [3.05, 3.63) is 151 Å². The van der Waals surface area contributed by atoms with E-state index in [1.54, 1.807) is 11.3 Å². The average molecular weight is 694 g/mol. The van der Waals surface area contributed by atoms with Gasteiger partial charge in [-0.2, -0.15) is 0 Å². The number of halogens is 1. The molecule has 50 heavy (non-hydrogen) atoms. The molecule has 0 aliphatic rings. The maximum absolute atomic E-state index is 6.45. The standard InChI is InChI=1S/C44H24ClN3S2/c45-44-46-39(43-40(47-44)33-13-5-8-16-36(33)50-43)27-19-17-25(18-20-27)26-21-23-28(24-22-26)48-34-14-6-3-11-31(34)37-29-9-1-2-10-30(29)38-32-12-4-7-15-35(32)49-42(38)41(37)48/h1-24H. The summed E-state index contributed by atoms with van der Waals surface area (Å²) >= 11 is 10.1. The molecule has 0 atom stereocenters. The highest BCUT2D eigenvalue weighted by atomic mass is 35.5. The van der Waals surface area contributed by atoms with Crippen LogP contribution in [0.2, 0.25) is 5.28 Å². The fourth-order valence-electron chi connectivity index (χ4n) is 7.78. The summed E-state index contributed by atoms with van der Waals surface area (Å²) in [6, 6.07) is 52.5. The van der Waals surface area contributed by atoms with E-state index in [0.29, 0.717) is 0 Å². The summed E-state index contributed by atoms with van der Waals surface area (Å²) in [4.78, 5) is 9.26. The number of para-hydroxylation sites is 1. The van der Waals surface area contributed by atoms with Crippen LogP contribution >= 0.6 is 34.3 Å². The largest absolute Gasteiger partial charge is 0.308 e. The van der Waals surface area contributed by atoms with Gasteiger partial charge in [0.05, 0.1) is 31.6 Å². The first-order chi connectivity index (χ1) is 24.7. The van der Waals surface area contributed by atoms with E-state index in [2.05, 4.69) is 154 Å². The topological polar surface area (TPSA) is 30.7 Å². The molecular formula is C44H24ClN3S2. The van der Waals surface area contributed by atoms with E-state index in [-0.39, 0.29) is 5.28 Å². The highest BCUT2D eigenvalue weighted by Crippen LogP contribution is 2.48. The summed E-state index contributed by atoms with van der Waals surface area (Å²) in [5.41, 5.74) is 8.74. The van der Waals surface area contributed by atoms with Gasteiger partial charge in [0.15, 0.2) is 0 Å². The first kappa shape index (κ1) is 28.3. The van der Waals surface area contributed by atoms with Crippen LogP contribution in [-0.2, 0) is 0 Å². The minimum Gasteiger partial charge on any atom is -0.308 e. The number of benzene rings is 7. The van der Waals surface area contributed by atoms with Crippen molar-refractivity contribution in [2.45, 2.75) is 0 Å². The van der Waals surface area contributed by atoms with E-state index in [0.717, 1.165) is 43.7 Å². The van der Waals surface area contributed by atoms with Gasteiger partial charge in [0.2, 0.25) is 5.28 Å². The molecule has 6 heteroatoms. The quantitative estimate of drug-likeness (QED) is 0.172. The van der Waals surface area contributed by atoms with E-state index < -0.39 is 0 Å². The van der Waals surface area contributed by atoms with Crippen molar-refractivity contribution in [1.29, 1.82) is 0 Å². The predicted octanol–water partition coefficient (Wildman–Crippen LogP) is 13.5. The Kier molecular flexibility index (Phi) is 6.05. The summed E-state index contributed by atoms with van der Waals surface area (Å²) < 4.78 is 7.35. The van der Waals surface area contributed by atoms with Gasteiger partial charge >= 0.3 is 0 Å². The Labute approximate surface area is 299 Å². The Morgan fingerprint density at radius 2 is 1.00 bits per heavy atom. The molecule has 7 aromatic carbocycles. The highest BCUT2D eigenvalue weighted by Gasteiger charge is 2.21. The van der Waals surface area contributed by atoms with Crippen molar-refractivity contribution in [2.24, 2.45) is 0 Å². The fourth-order valence-corrected chi connectivity index (χ4v) is 10.4. The van der Waals surface area contributed by atoms with Crippen LogP contribution < -0.4 is 0 Å². The second-order valence-electron chi connectivity index (χ2n) is 12.7. The normalized spacial score (nSPS) is 12.1. The second kappa shape index (κ2) is 10.7. The van der Waals surface area contributed by atoms with Gasteiger partial charge in [-0.3, -0.25) is 0 Å². The van der Waals surface area contributed by atoms with Crippen molar-refractivity contribution in [2.75, 3.05) is 0 Å². The third kappa shape index (κ3) is 4.03. The summed E-state index contributed by atoms with van der Waals surface area (Å²) in [6.07, 6.45) is 0. The maximum Gasteiger partial charge on any atom is 0.223 e. The molecule has 3 nitrogen and oxygen atoms in total. The third-order valence-electron chi connectivity index (χ3n) is 9.96. The molecule has 11 rings (SSSR count). The molecule has 4 heterocycles. The minimum absolute atomic E-state index is 0.265. The lowest BCUT2D eigenvalue weighted by molar-refractivity contribution is 1.19. The summed E-state index contributed by atoms with van der Waals surface area (Å²) in [7, 11) is 0. The van der Waals surface area contributed by atoms with Gasteiger partial charge in [0.1, 0.15) is 0 Å². The van der Waals surface area contributed by atoms with E-state index in [1.165, 1.54) is 57.5 Å². The monoisotopic (exact) mass is 693 g/mol. The molecule has 0 N–H and O–H groups in total. The average Bonchev–Trinajstić information content (AvgIpc) is 3.85. The minimum atomic E-state index is 0.265. The molecule has 234 valence electrons. The second-order valence-corrected chi connectivity index (χ2v) is 15.1. The molecule has 0 bridgehead atoms. The number of nitrogens with zero attached hydrogens (tertiary/aromatic N) is 3. The predicted molar refractivity (Wildman–Crippen MR) is 216 cm³/mol. The molecule has 0 spiro atoms. The number of thiophene rings is 2. The lowest BCUT2D eigenvalue weighted by Gasteiger charge is -2.11. The van der Waals surface area contributed by atoms with Crippen molar-refractivity contribution >= 4 is 107 Å². The Bertz CT molecular complexity index is 3150. The molecule has 0 saturated heterocycles. The zero-order chi connectivity index (χ0) is 32.9. The highest BCUT2D eigenvalue weighted by molar-refractivity contribution is 7.27. The molecule has 0 radical (unpaired) electrons. The van der Waals surface area contributed by atoms with Crippen molar-refractivity contribution in [3.8, 4) is 28.1 Å². The van der Waals surface area contributed by atoms with Crippen LogP contribution in [-0.4, -0.2) is 14.5 Å². The lowest BCUT2D eigenvalue weighted by atomic mass is 9.99. The number of aromatic nitrogens is 3. The first-order valence-corrected chi connectivity index (χ1v) is 18.5. The van der Waals surface area contributed by atoms with Crippen LogP contribution in [0, 0.1) is 0 Å². The number of hydrogen-bond acceptors (Lipinski definition) is 4. The van der Waals surface area contributed by atoms with Gasteiger partial charge in [-0.15, -0.1) is 22.7 Å². The molecule has 0 unspecified atom stereocenters. The summed E-state index contributed by atoms with van der Waals surface area (Å²) in [5, 5.41) is 9.23.